The highest BCUT2D eigenvalue weighted by Gasteiger charge is 2.32. The number of aromatic carboxylic acids is 1. The zero-order valence-electron chi connectivity index (χ0n) is 11.9. The molecule has 4 heteroatoms. The largest absolute Gasteiger partial charge is 0.478 e. The van der Waals surface area contributed by atoms with Crippen LogP contribution in [0.5, 0.6) is 0 Å². The fourth-order valence-electron chi connectivity index (χ4n) is 3.02. The molecular formula is C17H18O3S. The normalized spacial score (nSPS) is 17.0. The van der Waals surface area contributed by atoms with Crippen molar-refractivity contribution >= 4 is 17.3 Å². The lowest BCUT2D eigenvalue weighted by atomic mass is 9.85. The minimum absolute atomic E-state index is 0.183. The quantitative estimate of drug-likeness (QED) is 0.911. The predicted octanol–water partition coefficient (Wildman–Crippen LogP) is 3.58. The molecule has 21 heavy (non-hydrogen) atoms. The van der Waals surface area contributed by atoms with Gasteiger partial charge in [0.2, 0.25) is 0 Å². The van der Waals surface area contributed by atoms with Crippen molar-refractivity contribution in [1.82, 2.24) is 0 Å². The lowest BCUT2D eigenvalue weighted by Gasteiger charge is -2.26. The summed E-state index contributed by atoms with van der Waals surface area (Å²) in [7, 11) is 0. The Hall–Kier alpha value is -1.65. The maximum atomic E-state index is 11.3. The zero-order valence-corrected chi connectivity index (χ0v) is 12.7. The number of carbonyl (C=O) groups is 1. The Bertz CT molecular complexity index is 685. The lowest BCUT2D eigenvalue weighted by Crippen LogP contribution is -2.24. The van der Waals surface area contributed by atoms with Crippen molar-refractivity contribution in [2.24, 2.45) is 0 Å². The fourth-order valence-corrected chi connectivity index (χ4v) is 3.99. The molecule has 1 aromatic carbocycles. The number of aryl methyl sites for hydroxylation is 2. The van der Waals surface area contributed by atoms with Crippen molar-refractivity contribution < 1.29 is 15.0 Å². The first kappa shape index (κ1) is 14.3. The van der Waals surface area contributed by atoms with Gasteiger partial charge in [0.05, 0.1) is 10.4 Å². The van der Waals surface area contributed by atoms with Crippen LogP contribution in [0.4, 0.5) is 0 Å². The number of fused-ring (bicyclic) bond motifs is 1. The summed E-state index contributed by atoms with van der Waals surface area (Å²) in [6.07, 6.45) is 4.53. The minimum atomic E-state index is -1.27. The maximum absolute atomic E-state index is 11.3. The molecule has 0 amide bonds. The molecular weight excluding hydrogens is 284 g/mol. The van der Waals surface area contributed by atoms with Crippen molar-refractivity contribution in [3.63, 3.8) is 0 Å². The summed E-state index contributed by atoms with van der Waals surface area (Å²) in [5.41, 5.74) is 2.32. The van der Waals surface area contributed by atoms with E-state index >= 15 is 0 Å². The number of thiophene rings is 1. The molecule has 1 aliphatic carbocycles. The molecule has 0 aliphatic heterocycles. The van der Waals surface area contributed by atoms with Gasteiger partial charge in [0, 0.05) is 0 Å². The fraction of sp³-hybridized carbons (Fsp3) is 0.353. The standard InChI is InChI=1S/C17H18O3S/c1-17(20,15-14(16(18)19)8-9-21-15)13-7-6-11-4-2-3-5-12(11)10-13/h6-10,20H,2-5H2,1H3,(H,18,19). The molecule has 1 aromatic heterocycles. The number of carboxylic acid groups (broad SMARTS) is 1. The average molecular weight is 302 g/mol. The average Bonchev–Trinajstić information content (AvgIpc) is 2.97. The molecule has 0 fully saturated rings. The van der Waals surface area contributed by atoms with Crippen LogP contribution in [0.3, 0.4) is 0 Å². The Morgan fingerprint density at radius 2 is 1.90 bits per heavy atom. The summed E-state index contributed by atoms with van der Waals surface area (Å²) in [4.78, 5) is 11.8. The smallest absolute Gasteiger partial charge is 0.336 e. The zero-order chi connectivity index (χ0) is 15.0. The van der Waals surface area contributed by atoms with E-state index < -0.39 is 11.6 Å². The molecule has 3 nitrogen and oxygen atoms in total. The van der Waals surface area contributed by atoms with Crippen LogP contribution < -0.4 is 0 Å². The van der Waals surface area contributed by atoms with Crippen LogP contribution in [0, 0.1) is 0 Å². The molecule has 2 aromatic rings. The van der Waals surface area contributed by atoms with Crippen LogP contribution in [0.25, 0.3) is 0 Å². The molecule has 1 heterocycles. The van der Waals surface area contributed by atoms with Gasteiger partial charge in [-0.3, -0.25) is 0 Å². The Morgan fingerprint density at radius 1 is 1.19 bits per heavy atom. The number of rotatable bonds is 3. The van der Waals surface area contributed by atoms with Gasteiger partial charge in [0.25, 0.3) is 0 Å². The van der Waals surface area contributed by atoms with E-state index in [-0.39, 0.29) is 5.56 Å². The second-order valence-electron chi connectivity index (χ2n) is 5.73. The molecule has 0 bridgehead atoms. The number of carboxylic acids is 1. The highest BCUT2D eigenvalue weighted by Crippen LogP contribution is 2.37. The second-order valence-corrected chi connectivity index (χ2v) is 6.65. The molecule has 0 saturated heterocycles. The van der Waals surface area contributed by atoms with Gasteiger partial charge < -0.3 is 10.2 Å². The minimum Gasteiger partial charge on any atom is -0.478 e. The first-order chi connectivity index (χ1) is 10.00. The van der Waals surface area contributed by atoms with E-state index in [9.17, 15) is 15.0 Å². The molecule has 1 aliphatic rings. The van der Waals surface area contributed by atoms with Crippen molar-refractivity contribution in [3.8, 4) is 0 Å². The summed E-state index contributed by atoms with van der Waals surface area (Å²) < 4.78 is 0. The van der Waals surface area contributed by atoms with Gasteiger partial charge in [-0.25, -0.2) is 4.79 Å². The van der Waals surface area contributed by atoms with Gasteiger partial charge in [-0.15, -0.1) is 11.3 Å². The van der Waals surface area contributed by atoms with E-state index in [0.29, 0.717) is 4.88 Å². The third-order valence-electron chi connectivity index (χ3n) is 4.25. The van der Waals surface area contributed by atoms with Gasteiger partial charge in [0.1, 0.15) is 5.60 Å². The van der Waals surface area contributed by atoms with Gasteiger partial charge in [-0.05, 0) is 60.7 Å². The van der Waals surface area contributed by atoms with Crippen molar-refractivity contribution in [1.29, 1.82) is 0 Å². The van der Waals surface area contributed by atoms with E-state index in [1.54, 1.807) is 18.4 Å². The predicted molar refractivity (Wildman–Crippen MR) is 83.0 cm³/mol. The number of hydrogen-bond donors (Lipinski definition) is 2. The van der Waals surface area contributed by atoms with Crippen molar-refractivity contribution in [2.45, 2.75) is 38.2 Å². The van der Waals surface area contributed by atoms with Crippen LogP contribution in [-0.2, 0) is 18.4 Å². The van der Waals surface area contributed by atoms with Crippen LogP contribution >= 0.6 is 11.3 Å². The van der Waals surface area contributed by atoms with E-state index in [1.807, 2.05) is 12.1 Å². The molecule has 0 spiro atoms. The second kappa shape index (κ2) is 5.28. The monoisotopic (exact) mass is 302 g/mol. The van der Waals surface area contributed by atoms with Gasteiger partial charge in [0.15, 0.2) is 0 Å². The number of benzene rings is 1. The number of hydrogen-bond acceptors (Lipinski definition) is 3. The molecule has 1 unspecified atom stereocenters. The van der Waals surface area contributed by atoms with Crippen LogP contribution in [0.2, 0.25) is 0 Å². The molecule has 2 N–H and O–H groups in total. The Kier molecular flexibility index (Phi) is 3.59. The topological polar surface area (TPSA) is 57.5 Å². The van der Waals surface area contributed by atoms with Crippen LogP contribution in [0.15, 0.2) is 29.6 Å². The van der Waals surface area contributed by atoms with Crippen molar-refractivity contribution in [3.05, 3.63) is 56.8 Å². The number of aliphatic hydroxyl groups is 1. The van der Waals surface area contributed by atoms with Gasteiger partial charge in [-0.1, -0.05) is 18.2 Å². The van der Waals surface area contributed by atoms with E-state index in [1.165, 1.54) is 35.3 Å². The van der Waals surface area contributed by atoms with E-state index in [4.69, 9.17) is 0 Å². The van der Waals surface area contributed by atoms with E-state index in [2.05, 4.69) is 6.07 Å². The molecule has 110 valence electrons. The van der Waals surface area contributed by atoms with Gasteiger partial charge >= 0.3 is 5.97 Å². The first-order valence-electron chi connectivity index (χ1n) is 7.16. The summed E-state index contributed by atoms with van der Waals surface area (Å²) in [5.74, 6) is -0.996. The highest BCUT2D eigenvalue weighted by atomic mass is 32.1. The van der Waals surface area contributed by atoms with Crippen LogP contribution in [0.1, 0.15) is 51.7 Å². The molecule has 1 atom stereocenters. The maximum Gasteiger partial charge on any atom is 0.336 e. The first-order valence-corrected chi connectivity index (χ1v) is 8.04. The summed E-state index contributed by atoms with van der Waals surface area (Å²) >= 11 is 1.29. The molecule has 0 saturated carbocycles. The summed E-state index contributed by atoms with van der Waals surface area (Å²) in [5, 5.41) is 21.9. The SMILES string of the molecule is CC(O)(c1ccc2c(c1)CCCC2)c1sccc1C(=O)O. The van der Waals surface area contributed by atoms with E-state index in [0.717, 1.165) is 18.4 Å². The van der Waals surface area contributed by atoms with Crippen LogP contribution in [-0.4, -0.2) is 16.2 Å². The third-order valence-corrected chi connectivity index (χ3v) is 5.37. The van der Waals surface area contributed by atoms with Gasteiger partial charge in [-0.2, -0.15) is 0 Å². The molecule has 3 rings (SSSR count). The lowest BCUT2D eigenvalue weighted by molar-refractivity contribution is 0.0674. The Balaban J connectivity index is 2.05. The Morgan fingerprint density at radius 3 is 2.62 bits per heavy atom. The summed E-state index contributed by atoms with van der Waals surface area (Å²) in [6.45, 7) is 1.68. The highest BCUT2D eigenvalue weighted by molar-refractivity contribution is 7.10. The third kappa shape index (κ3) is 2.49. The molecule has 0 radical (unpaired) electrons. The Labute approximate surface area is 127 Å². The summed E-state index contributed by atoms with van der Waals surface area (Å²) in [6, 6.07) is 7.59. The van der Waals surface area contributed by atoms with Crippen molar-refractivity contribution in [2.75, 3.05) is 0 Å².